The predicted octanol–water partition coefficient (Wildman–Crippen LogP) is 5.15. The highest BCUT2D eigenvalue weighted by molar-refractivity contribution is 7.98. The number of halogens is 2. The highest BCUT2D eigenvalue weighted by Crippen LogP contribution is 2.32. The third-order valence-corrected chi connectivity index (χ3v) is 8.33. The summed E-state index contributed by atoms with van der Waals surface area (Å²) in [6.45, 7) is -0.333. The third-order valence-electron chi connectivity index (χ3n) is 4.79. The number of nitrogens with one attached hydrogen (secondary N) is 1. The highest BCUT2D eigenvalue weighted by atomic mass is 35.5. The van der Waals surface area contributed by atoms with Crippen molar-refractivity contribution >= 4 is 62.3 Å². The van der Waals surface area contributed by atoms with Crippen LogP contribution in [0.2, 0.25) is 10.0 Å². The molecule has 0 heterocycles. The molecule has 0 aliphatic carbocycles. The molecule has 184 valence electrons. The maximum Gasteiger partial charge on any atom is 0.293 e. The summed E-state index contributed by atoms with van der Waals surface area (Å²) < 4.78 is 27.4. The van der Waals surface area contributed by atoms with Gasteiger partial charge in [-0.05, 0) is 35.9 Å². The molecule has 3 rings (SSSR count). The standard InChI is InChI=1S/C23H21Cl2N3O5S2/c24-19-11-10-17(14-20(19)25)16-34-13-12-26-23(29)15-27(21-8-4-5-9-22(21)28(30)31)35(32,33)18-6-2-1-3-7-18/h1-11,14H,12-13,15-16H2,(H,26,29). The summed E-state index contributed by atoms with van der Waals surface area (Å²) in [6.07, 6.45) is 0. The van der Waals surface area contributed by atoms with Gasteiger partial charge < -0.3 is 5.32 Å². The molecule has 0 saturated carbocycles. The molecular weight excluding hydrogens is 533 g/mol. The second kappa shape index (κ2) is 12.3. The van der Waals surface area contributed by atoms with Crippen LogP contribution in [0.15, 0.2) is 77.7 Å². The van der Waals surface area contributed by atoms with Gasteiger partial charge in [0.1, 0.15) is 12.2 Å². The Kier molecular flexibility index (Phi) is 9.39. The molecule has 0 saturated heterocycles. The normalized spacial score (nSPS) is 11.1. The first-order valence-electron chi connectivity index (χ1n) is 10.3. The van der Waals surface area contributed by atoms with Gasteiger partial charge in [0.05, 0.1) is 19.9 Å². The van der Waals surface area contributed by atoms with E-state index in [0.29, 0.717) is 21.6 Å². The Bertz CT molecular complexity index is 1310. The number of nitro groups is 1. The summed E-state index contributed by atoms with van der Waals surface area (Å²) in [4.78, 5) is 23.5. The number of thioether (sulfide) groups is 1. The molecule has 8 nitrogen and oxygen atoms in total. The Morgan fingerprint density at radius 2 is 1.69 bits per heavy atom. The first-order chi connectivity index (χ1) is 16.7. The molecule has 0 atom stereocenters. The van der Waals surface area contributed by atoms with Crippen molar-refractivity contribution in [2.24, 2.45) is 0 Å². The van der Waals surface area contributed by atoms with E-state index in [1.165, 1.54) is 48.5 Å². The van der Waals surface area contributed by atoms with Crippen molar-refractivity contribution in [3.05, 3.63) is 98.5 Å². The van der Waals surface area contributed by atoms with E-state index in [-0.39, 0.29) is 17.1 Å². The van der Waals surface area contributed by atoms with Crippen LogP contribution in [0.3, 0.4) is 0 Å². The average Bonchev–Trinajstić information content (AvgIpc) is 2.85. The van der Waals surface area contributed by atoms with Crippen molar-refractivity contribution in [1.29, 1.82) is 0 Å². The Morgan fingerprint density at radius 3 is 2.37 bits per heavy atom. The van der Waals surface area contributed by atoms with Gasteiger partial charge >= 0.3 is 0 Å². The zero-order valence-corrected chi connectivity index (χ0v) is 21.4. The van der Waals surface area contributed by atoms with E-state index in [1.54, 1.807) is 30.0 Å². The molecule has 12 heteroatoms. The van der Waals surface area contributed by atoms with E-state index in [9.17, 15) is 23.3 Å². The highest BCUT2D eigenvalue weighted by Gasteiger charge is 2.31. The zero-order valence-electron chi connectivity index (χ0n) is 18.3. The van der Waals surface area contributed by atoms with Gasteiger partial charge in [0.15, 0.2) is 0 Å². The molecule has 0 fully saturated rings. The third kappa shape index (κ3) is 7.11. The summed E-state index contributed by atoms with van der Waals surface area (Å²) in [5.41, 5.74) is 0.370. The number of benzene rings is 3. The Morgan fingerprint density at radius 1 is 1.00 bits per heavy atom. The number of carbonyl (C=O) groups excluding carboxylic acids is 1. The van der Waals surface area contributed by atoms with Crippen LogP contribution in [-0.4, -0.2) is 38.1 Å². The Hall–Kier alpha value is -2.79. The zero-order chi connectivity index (χ0) is 25.4. The van der Waals surface area contributed by atoms with Crippen molar-refractivity contribution in [2.75, 3.05) is 23.1 Å². The van der Waals surface area contributed by atoms with Crippen LogP contribution in [0.25, 0.3) is 0 Å². The van der Waals surface area contributed by atoms with E-state index in [4.69, 9.17) is 23.2 Å². The molecule has 0 aromatic heterocycles. The molecule has 1 N–H and O–H groups in total. The van der Waals surface area contributed by atoms with Crippen molar-refractivity contribution in [3.63, 3.8) is 0 Å². The molecule has 0 bridgehead atoms. The number of rotatable bonds is 11. The van der Waals surface area contributed by atoms with Gasteiger partial charge in [-0.25, -0.2) is 12.7 Å². The molecular formula is C23H21Cl2N3O5S2. The van der Waals surface area contributed by atoms with E-state index < -0.39 is 33.1 Å². The van der Waals surface area contributed by atoms with Crippen LogP contribution in [0.1, 0.15) is 5.56 Å². The van der Waals surface area contributed by atoms with Gasteiger partial charge in [-0.15, -0.1) is 0 Å². The van der Waals surface area contributed by atoms with Crippen LogP contribution < -0.4 is 9.62 Å². The minimum absolute atomic E-state index is 0.0804. The SMILES string of the molecule is O=C(CN(c1ccccc1[N+](=O)[O-])S(=O)(=O)c1ccccc1)NCCSCc1ccc(Cl)c(Cl)c1. The van der Waals surface area contributed by atoms with Crippen molar-refractivity contribution in [3.8, 4) is 0 Å². The number of amides is 1. The van der Waals surface area contributed by atoms with Gasteiger partial charge in [0.25, 0.3) is 15.7 Å². The number of nitrogens with zero attached hydrogens (tertiary/aromatic N) is 2. The smallest absolute Gasteiger partial charge is 0.293 e. The number of anilines is 1. The van der Waals surface area contributed by atoms with E-state index in [2.05, 4.69) is 5.32 Å². The molecule has 0 unspecified atom stereocenters. The molecule has 0 radical (unpaired) electrons. The molecule has 35 heavy (non-hydrogen) atoms. The van der Waals surface area contributed by atoms with E-state index >= 15 is 0 Å². The lowest BCUT2D eigenvalue weighted by Crippen LogP contribution is -2.41. The van der Waals surface area contributed by atoms with Crippen LogP contribution in [0.4, 0.5) is 11.4 Å². The molecule has 1 amide bonds. The van der Waals surface area contributed by atoms with Crippen LogP contribution >= 0.6 is 35.0 Å². The van der Waals surface area contributed by atoms with Gasteiger partial charge in [0.2, 0.25) is 5.91 Å². The fraction of sp³-hybridized carbons (Fsp3) is 0.174. The van der Waals surface area contributed by atoms with Crippen molar-refractivity contribution in [1.82, 2.24) is 5.32 Å². The molecule has 0 aliphatic heterocycles. The predicted molar refractivity (Wildman–Crippen MR) is 140 cm³/mol. The van der Waals surface area contributed by atoms with Gasteiger partial charge in [-0.2, -0.15) is 11.8 Å². The fourth-order valence-corrected chi connectivity index (χ4v) is 5.70. The van der Waals surface area contributed by atoms with Crippen LogP contribution in [0.5, 0.6) is 0 Å². The Balaban J connectivity index is 1.69. The van der Waals surface area contributed by atoms with Crippen LogP contribution in [0, 0.1) is 10.1 Å². The minimum Gasteiger partial charge on any atom is -0.354 e. The van der Waals surface area contributed by atoms with Gasteiger partial charge in [-0.3, -0.25) is 14.9 Å². The molecule has 3 aromatic rings. The Labute approximate surface area is 217 Å². The fourth-order valence-electron chi connectivity index (χ4n) is 3.12. The minimum atomic E-state index is -4.24. The summed E-state index contributed by atoms with van der Waals surface area (Å²) in [5.74, 6) is 0.623. The molecule has 3 aromatic carbocycles. The van der Waals surface area contributed by atoms with Crippen LogP contribution in [-0.2, 0) is 20.6 Å². The number of carbonyl (C=O) groups is 1. The molecule has 0 spiro atoms. The largest absolute Gasteiger partial charge is 0.354 e. The summed E-state index contributed by atoms with van der Waals surface area (Å²) in [7, 11) is -4.24. The number of para-hydroxylation sites is 2. The number of hydrogen-bond acceptors (Lipinski definition) is 6. The maximum absolute atomic E-state index is 13.3. The first kappa shape index (κ1) is 26.8. The number of nitro benzene ring substituents is 1. The van der Waals surface area contributed by atoms with E-state index in [0.717, 1.165) is 9.87 Å². The summed E-state index contributed by atoms with van der Waals surface area (Å²) in [5, 5.41) is 15.2. The monoisotopic (exact) mass is 553 g/mol. The lowest BCUT2D eigenvalue weighted by atomic mass is 10.2. The molecule has 0 aliphatic rings. The van der Waals surface area contributed by atoms with E-state index in [1.807, 2.05) is 6.07 Å². The summed E-state index contributed by atoms with van der Waals surface area (Å²) in [6, 6.07) is 18.2. The van der Waals surface area contributed by atoms with Gasteiger partial charge in [-0.1, -0.05) is 59.6 Å². The second-order valence-electron chi connectivity index (χ2n) is 7.22. The van der Waals surface area contributed by atoms with Crippen molar-refractivity contribution in [2.45, 2.75) is 10.6 Å². The van der Waals surface area contributed by atoms with Gasteiger partial charge in [0, 0.05) is 24.1 Å². The topological polar surface area (TPSA) is 110 Å². The quantitative estimate of drug-likeness (QED) is 0.200. The maximum atomic E-state index is 13.3. The average molecular weight is 554 g/mol. The summed E-state index contributed by atoms with van der Waals surface area (Å²) >= 11 is 13.5. The van der Waals surface area contributed by atoms with Crippen molar-refractivity contribution < 1.29 is 18.1 Å². The first-order valence-corrected chi connectivity index (χ1v) is 13.6. The lowest BCUT2D eigenvalue weighted by Gasteiger charge is -2.23. The lowest BCUT2D eigenvalue weighted by molar-refractivity contribution is -0.384. The number of sulfonamides is 1. The second-order valence-corrected chi connectivity index (χ2v) is 11.0. The number of hydrogen-bond donors (Lipinski definition) is 1.